The summed E-state index contributed by atoms with van der Waals surface area (Å²) in [5, 5.41) is 0. The monoisotopic (exact) mass is 206 g/mol. The van der Waals surface area contributed by atoms with E-state index in [4.69, 9.17) is 4.74 Å². The molecule has 0 saturated carbocycles. The minimum Gasteiger partial charge on any atom is -0.463 e. The van der Waals surface area contributed by atoms with Gasteiger partial charge in [0.2, 0.25) is 0 Å². The third kappa shape index (κ3) is 4.90. The van der Waals surface area contributed by atoms with E-state index in [1.807, 2.05) is 6.92 Å². The van der Waals surface area contributed by atoms with Gasteiger partial charge in [-0.15, -0.1) is 0 Å². The summed E-state index contributed by atoms with van der Waals surface area (Å²) in [6, 6.07) is 0. The second-order valence-electron chi connectivity index (χ2n) is 3.03. The van der Waals surface area contributed by atoms with Crippen LogP contribution in [0, 0.1) is 0 Å². The van der Waals surface area contributed by atoms with E-state index >= 15 is 0 Å². The Labute approximate surface area is 89.0 Å². The summed E-state index contributed by atoms with van der Waals surface area (Å²) in [6.45, 7) is 2.52. The lowest BCUT2D eigenvalue weighted by Gasteiger charge is -1.98. The van der Waals surface area contributed by atoms with Crippen LogP contribution in [0.4, 0.5) is 0 Å². The number of carbonyl (C=O) groups is 1. The fraction of sp³-hybridized carbons (Fsp3) is 0.364. The van der Waals surface area contributed by atoms with Crippen molar-refractivity contribution in [3.05, 3.63) is 30.4 Å². The van der Waals surface area contributed by atoms with E-state index in [2.05, 4.69) is 9.97 Å². The van der Waals surface area contributed by atoms with Crippen molar-refractivity contribution < 1.29 is 9.53 Å². The van der Waals surface area contributed by atoms with E-state index in [1.165, 1.54) is 12.4 Å². The molecule has 0 bridgehead atoms. The van der Waals surface area contributed by atoms with Crippen molar-refractivity contribution in [1.29, 1.82) is 0 Å². The van der Waals surface area contributed by atoms with Gasteiger partial charge in [-0.05, 0) is 12.5 Å². The van der Waals surface area contributed by atoms with Gasteiger partial charge in [0.25, 0.3) is 0 Å². The summed E-state index contributed by atoms with van der Waals surface area (Å²) in [5.41, 5.74) is 0.782. The number of carbonyl (C=O) groups excluding carboxylic acids is 1. The van der Waals surface area contributed by atoms with Crippen LogP contribution < -0.4 is 0 Å². The molecular weight excluding hydrogens is 192 g/mol. The zero-order valence-electron chi connectivity index (χ0n) is 8.72. The molecule has 0 aliphatic heterocycles. The van der Waals surface area contributed by atoms with E-state index in [1.54, 1.807) is 18.5 Å². The Bertz CT molecular complexity index is 323. The highest BCUT2D eigenvalue weighted by atomic mass is 16.5. The highest BCUT2D eigenvalue weighted by Gasteiger charge is 1.95. The van der Waals surface area contributed by atoms with Crippen LogP contribution in [0.1, 0.15) is 25.3 Å². The molecule has 0 unspecified atom stereocenters. The van der Waals surface area contributed by atoms with Crippen LogP contribution >= 0.6 is 0 Å². The lowest BCUT2D eigenvalue weighted by molar-refractivity contribution is -0.137. The quantitative estimate of drug-likeness (QED) is 0.419. The Morgan fingerprint density at radius 2 is 2.20 bits per heavy atom. The predicted octanol–water partition coefficient (Wildman–Crippen LogP) is 1.83. The molecule has 0 aromatic carbocycles. The molecule has 4 nitrogen and oxygen atoms in total. The van der Waals surface area contributed by atoms with Crippen molar-refractivity contribution in [3.8, 4) is 0 Å². The molecule has 0 radical (unpaired) electrons. The lowest BCUT2D eigenvalue weighted by Crippen LogP contribution is -2.01. The van der Waals surface area contributed by atoms with Crippen LogP contribution in [0.15, 0.2) is 24.8 Å². The summed E-state index contributed by atoms with van der Waals surface area (Å²) < 4.78 is 4.94. The molecule has 1 aromatic rings. The van der Waals surface area contributed by atoms with E-state index in [9.17, 15) is 4.79 Å². The van der Waals surface area contributed by atoms with Crippen LogP contribution in [-0.4, -0.2) is 22.5 Å². The molecule has 0 saturated heterocycles. The van der Waals surface area contributed by atoms with Gasteiger partial charge in [0.15, 0.2) is 0 Å². The standard InChI is InChI=1S/C11H14N2O2/c1-2-3-6-15-11(14)5-4-10-7-12-9-13-8-10/h4-5,7-9H,2-3,6H2,1H3. The topological polar surface area (TPSA) is 52.1 Å². The Kier molecular flexibility index (Phi) is 5.08. The molecule has 0 amide bonds. The first kappa shape index (κ1) is 11.4. The molecule has 1 aromatic heterocycles. The molecule has 4 heteroatoms. The van der Waals surface area contributed by atoms with E-state index in [0.717, 1.165) is 18.4 Å². The van der Waals surface area contributed by atoms with Crippen molar-refractivity contribution in [2.75, 3.05) is 6.61 Å². The van der Waals surface area contributed by atoms with E-state index < -0.39 is 0 Å². The number of unbranched alkanes of at least 4 members (excludes halogenated alkanes) is 1. The molecule has 0 atom stereocenters. The second-order valence-corrected chi connectivity index (χ2v) is 3.03. The summed E-state index contributed by atoms with van der Waals surface area (Å²) in [5.74, 6) is -0.327. The molecule has 1 heterocycles. The van der Waals surface area contributed by atoms with E-state index in [-0.39, 0.29) is 5.97 Å². The van der Waals surface area contributed by atoms with Crippen LogP contribution in [-0.2, 0) is 9.53 Å². The van der Waals surface area contributed by atoms with Gasteiger partial charge in [-0.3, -0.25) is 0 Å². The number of aromatic nitrogens is 2. The Hall–Kier alpha value is -1.71. The second kappa shape index (κ2) is 6.70. The number of rotatable bonds is 5. The zero-order chi connectivity index (χ0) is 10.9. The molecule has 0 aliphatic rings. The summed E-state index contributed by atoms with van der Waals surface area (Å²) in [4.78, 5) is 18.8. The number of nitrogens with zero attached hydrogens (tertiary/aromatic N) is 2. The molecule has 0 aliphatic carbocycles. The van der Waals surface area contributed by atoms with Gasteiger partial charge >= 0.3 is 5.97 Å². The van der Waals surface area contributed by atoms with Crippen molar-refractivity contribution in [2.45, 2.75) is 19.8 Å². The fourth-order valence-electron chi connectivity index (χ4n) is 0.926. The first-order chi connectivity index (χ1) is 7.33. The predicted molar refractivity (Wildman–Crippen MR) is 56.9 cm³/mol. The lowest BCUT2D eigenvalue weighted by atomic mass is 10.3. The van der Waals surface area contributed by atoms with Crippen LogP contribution in [0.25, 0.3) is 6.08 Å². The fourth-order valence-corrected chi connectivity index (χ4v) is 0.926. The third-order valence-electron chi connectivity index (χ3n) is 1.73. The highest BCUT2D eigenvalue weighted by molar-refractivity contribution is 5.86. The first-order valence-electron chi connectivity index (χ1n) is 4.92. The SMILES string of the molecule is CCCCOC(=O)C=Cc1cncnc1. The first-order valence-corrected chi connectivity index (χ1v) is 4.92. The van der Waals surface area contributed by atoms with Crippen LogP contribution in [0.2, 0.25) is 0 Å². The molecule has 0 spiro atoms. The van der Waals surface area contributed by atoms with Gasteiger partial charge in [-0.25, -0.2) is 14.8 Å². The summed E-state index contributed by atoms with van der Waals surface area (Å²) in [6.07, 6.45) is 9.63. The van der Waals surface area contributed by atoms with E-state index in [0.29, 0.717) is 6.61 Å². The minimum atomic E-state index is -0.327. The Morgan fingerprint density at radius 1 is 1.47 bits per heavy atom. The smallest absolute Gasteiger partial charge is 0.330 e. The van der Waals surface area contributed by atoms with Crippen molar-refractivity contribution in [2.24, 2.45) is 0 Å². The van der Waals surface area contributed by atoms with Gasteiger partial charge in [0, 0.05) is 24.0 Å². The number of ether oxygens (including phenoxy) is 1. The molecule has 1 rings (SSSR count). The van der Waals surface area contributed by atoms with Gasteiger partial charge < -0.3 is 4.74 Å². The van der Waals surface area contributed by atoms with Gasteiger partial charge in [-0.2, -0.15) is 0 Å². The molecular formula is C11H14N2O2. The maximum absolute atomic E-state index is 11.1. The zero-order valence-corrected chi connectivity index (χ0v) is 8.72. The average Bonchev–Trinajstić information content (AvgIpc) is 2.28. The largest absolute Gasteiger partial charge is 0.463 e. The molecule has 0 fully saturated rings. The van der Waals surface area contributed by atoms with Crippen LogP contribution in [0.5, 0.6) is 0 Å². The molecule has 80 valence electrons. The van der Waals surface area contributed by atoms with Crippen molar-refractivity contribution >= 4 is 12.0 Å². The van der Waals surface area contributed by atoms with Gasteiger partial charge in [0.05, 0.1) is 6.61 Å². The molecule has 0 N–H and O–H groups in total. The number of hydrogen-bond donors (Lipinski definition) is 0. The number of esters is 1. The minimum absolute atomic E-state index is 0.327. The Balaban J connectivity index is 2.34. The molecule has 15 heavy (non-hydrogen) atoms. The average molecular weight is 206 g/mol. The number of hydrogen-bond acceptors (Lipinski definition) is 4. The maximum atomic E-state index is 11.1. The van der Waals surface area contributed by atoms with Crippen LogP contribution in [0.3, 0.4) is 0 Å². The van der Waals surface area contributed by atoms with Gasteiger partial charge in [0.1, 0.15) is 6.33 Å². The Morgan fingerprint density at radius 3 is 2.87 bits per heavy atom. The third-order valence-corrected chi connectivity index (χ3v) is 1.73. The highest BCUT2D eigenvalue weighted by Crippen LogP contribution is 1.97. The van der Waals surface area contributed by atoms with Crippen molar-refractivity contribution in [1.82, 2.24) is 9.97 Å². The summed E-state index contributed by atoms with van der Waals surface area (Å²) >= 11 is 0. The summed E-state index contributed by atoms with van der Waals surface area (Å²) in [7, 11) is 0. The normalized spacial score (nSPS) is 10.5. The maximum Gasteiger partial charge on any atom is 0.330 e. The van der Waals surface area contributed by atoms with Crippen molar-refractivity contribution in [3.63, 3.8) is 0 Å². The van der Waals surface area contributed by atoms with Gasteiger partial charge in [-0.1, -0.05) is 13.3 Å².